The molecule has 0 spiro atoms. The number of hydrogen-bond acceptors (Lipinski definition) is 8. The highest BCUT2D eigenvalue weighted by atomic mass is 32.1. The number of likely N-dealkylation sites (tertiary alicyclic amines) is 1. The summed E-state index contributed by atoms with van der Waals surface area (Å²) in [7, 11) is 4.70. The molecule has 1 aromatic heterocycles. The first kappa shape index (κ1) is 24.3. The predicted molar refractivity (Wildman–Crippen MR) is 133 cm³/mol. The lowest BCUT2D eigenvalue weighted by atomic mass is 9.99. The summed E-state index contributed by atoms with van der Waals surface area (Å²) in [6, 6.07) is 12.1. The zero-order chi connectivity index (χ0) is 24.8. The molecule has 0 radical (unpaired) electrons. The van der Waals surface area contributed by atoms with Crippen molar-refractivity contribution in [2.24, 2.45) is 0 Å². The summed E-state index contributed by atoms with van der Waals surface area (Å²) in [5.41, 5.74) is 1.20. The van der Waals surface area contributed by atoms with Crippen molar-refractivity contribution in [3.63, 3.8) is 0 Å². The van der Waals surface area contributed by atoms with Gasteiger partial charge in [0.15, 0.2) is 0 Å². The molecule has 2 aromatic carbocycles. The lowest BCUT2D eigenvalue weighted by Gasteiger charge is -2.31. The van der Waals surface area contributed by atoms with E-state index < -0.39 is 0 Å². The molecule has 1 aliphatic rings. The minimum Gasteiger partial charge on any atom is -0.497 e. The van der Waals surface area contributed by atoms with Gasteiger partial charge in [0.25, 0.3) is 5.91 Å². The third kappa shape index (κ3) is 5.80. The summed E-state index contributed by atoms with van der Waals surface area (Å²) in [4.78, 5) is 27.3. The number of hydrogen-bond donors (Lipinski definition) is 2. The summed E-state index contributed by atoms with van der Waals surface area (Å²) >= 11 is 1.25. The topological polar surface area (TPSA) is 115 Å². The van der Waals surface area contributed by atoms with Crippen molar-refractivity contribution in [1.82, 2.24) is 15.1 Å². The average molecular weight is 498 g/mol. The SMILES string of the molecule is COc1ccc(NC(=O)c2nnc([C@@H]3CCCN(C(=O)Nc4ccc(OC)cc4OC)C3)s2)cc1. The molecule has 2 heterocycles. The molecular formula is C24H27N5O5S. The number of amides is 3. The Morgan fingerprint density at radius 3 is 2.43 bits per heavy atom. The number of rotatable bonds is 7. The average Bonchev–Trinajstić information content (AvgIpc) is 3.40. The highest BCUT2D eigenvalue weighted by molar-refractivity contribution is 7.13. The Morgan fingerprint density at radius 1 is 0.971 bits per heavy atom. The first-order valence-corrected chi connectivity index (χ1v) is 11.9. The van der Waals surface area contributed by atoms with E-state index in [0.29, 0.717) is 41.7 Å². The number of nitrogens with zero attached hydrogens (tertiary/aromatic N) is 3. The zero-order valence-corrected chi connectivity index (χ0v) is 20.6. The van der Waals surface area contributed by atoms with Crippen LogP contribution >= 0.6 is 11.3 Å². The fraction of sp³-hybridized carbons (Fsp3) is 0.333. The molecule has 2 N–H and O–H groups in total. The van der Waals surface area contributed by atoms with Gasteiger partial charge in [-0.05, 0) is 49.2 Å². The van der Waals surface area contributed by atoms with Crippen molar-refractivity contribution in [3.8, 4) is 17.2 Å². The van der Waals surface area contributed by atoms with Crippen molar-refractivity contribution in [3.05, 3.63) is 52.5 Å². The summed E-state index contributed by atoms with van der Waals surface area (Å²) in [5, 5.41) is 15.1. The summed E-state index contributed by atoms with van der Waals surface area (Å²) in [6.45, 7) is 1.11. The maximum absolute atomic E-state index is 13.0. The van der Waals surface area contributed by atoms with Crippen LogP contribution in [0.3, 0.4) is 0 Å². The number of carbonyl (C=O) groups excluding carboxylic acids is 2. The molecule has 1 aliphatic heterocycles. The van der Waals surface area contributed by atoms with Gasteiger partial charge in [0.05, 0.1) is 27.0 Å². The second kappa shape index (κ2) is 11.0. The number of ether oxygens (including phenoxy) is 3. The van der Waals surface area contributed by atoms with Gasteiger partial charge in [0.1, 0.15) is 22.3 Å². The van der Waals surface area contributed by atoms with Crippen LogP contribution in [-0.4, -0.2) is 61.5 Å². The molecule has 1 saturated heterocycles. The van der Waals surface area contributed by atoms with Crippen molar-refractivity contribution in [1.29, 1.82) is 0 Å². The van der Waals surface area contributed by atoms with Crippen LogP contribution in [0.4, 0.5) is 16.2 Å². The van der Waals surface area contributed by atoms with Gasteiger partial charge in [-0.3, -0.25) is 4.79 Å². The van der Waals surface area contributed by atoms with E-state index in [2.05, 4.69) is 20.8 Å². The van der Waals surface area contributed by atoms with Crippen LogP contribution in [0.15, 0.2) is 42.5 Å². The van der Waals surface area contributed by atoms with E-state index >= 15 is 0 Å². The van der Waals surface area contributed by atoms with Crippen molar-refractivity contribution in [2.75, 3.05) is 45.1 Å². The van der Waals surface area contributed by atoms with Crippen LogP contribution < -0.4 is 24.8 Å². The molecule has 3 amide bonds. The van der Waals surface area contributed by atoms with Gasteiger partial charge >= 0.3 is 6.03 Å². The van der Waals surface area contributed by atoms with Crippen LogP contribution in [0.5, 0.6) is 17.2 Å². The summed E-state index contributed by atoms with van der Waals surface area (Å²) in [5.74, 6) is 1.55. The van der Waals surface area contributed by atoms with Crippen LogP contribution in [0.1, 0.15) is 33.6 Å². The van der Waals surface area contributed by atoms with Crippen LogP contribution in [0, 0.1) is 0 Å². The smallest absolute Gasteiger partial charge is 0.321 e. The lowest BCUT2D eigenvalue weighted by Crippen LogP contribution is -2.41. The summed E-state index contributed by atoms with van der Waals surface area (Å²) < 4.78 is 15.7. The van der Waals surface area contributed by atoms with Crippen molar-refractivity contribution >= 4 is 34.6 Å². The number of carbonyl (C=O) groups is 2. The normalized spacial score (nSPS) is 15.3. The Bertz CT molecular complexity index is 1180. The molecule has 10 nitrogen and oxygen atoms in total. The first-order chi connectivity index (χ1) is 17.0. The number of aromatic nitrogens is 2. The molecule has 35 heavy (non-hydrogen) atoms. The van der Waals surface area contributed by atoms with Crippen molar-refractivity contribution < 1.29 is 23.8 Å². The van der Waals surface area contributed by atoms with E-state index in [1.54, 1.807) is 68.7 Å². The molecule has 0 saturated carbocycles. The molecule has 0 unspecified atom stereocenters. The Hall–Kier alpha value is -3.86. The number of methoxy groups -OCH3 is 3. The molecule has 3 aromatic rings. The molecule has 4 rings (SSSR count). The number of urea groups is 1. The molecule has 1 atom stereocenters. The first-order valence-electron chi connectivity index (χ1n) is 11.1. The highest BCUT2D eigenvalue weighted by Crippen LogP contribution is 2.32. The fourth-order valence-corrected chi connectivity index (χ4v) is 4.67. The Labute approximate surface area is 207 Å². The van der Waals surface area contributed by atoms with Gasteiger partial charge < -0.3 is 29.7 Å². The lowest BCUT2D eigenvalue weighted by molar-refractivity contribution is 0.102. The fourth-order valence-electron chi connectivity index (χ4n) is 3.81. The third-order valence-corrected chi connectivity index (χ3v) is 6.78. The van der Waals surface area contributed by atoms with Crippen molar-refractivity contribution in [2.45, 2.75) is 18.8 Å². The Balaban J connectivity index is 1.38. The maximum atomic E-state index is 13.0. The summed E-state index contributed by atoms with van der Waals surface area (Å²) in [6.07, 6.45) is 1.69. The minimum atomic E-state index is -0.323. The minimum absolute atomic E-state index is 0.00676. The molecule has 1 fully saturated rings. The van der Waals surface area contributed by atoms with Gasteiger partial charge in [-0.2, -0.15) is 0 Å². The molecule has 184 valence electrons. The maximum Gasteiger partial charge on any atom is 0.321 e. The third-order valence-electron chi connectivity index (χ3n) is 5.69. The van der Waals surface area contributed by atoms with E-state index in [4.69, 9.17) is 14.2 Å². The quantitative estimate of drug-likeness (QED) is 0.502. The number of anilines is 2. The van der Waals surface area contributed by atoms with Gasteiger partial charge in [0.2, 0.25) is 5.01 Å². The molecule has 0 aliphatic carbocycles. The second-order valence-electron chi connectivity index (χ2n) is 7.91. The van der Waals surface area contributed by atoms with E-state index in [0.717, 1.165) is 17.8 Å². The highest BCUT2D eigenvalue weighted by Gasteiger charge is 2.28. The van der Waals surface area contributed by atoms with Gasteiger partial charge in [0, 0.05) is 30.8 Å². The van der Waals surface area contributed by atoms with E-state index in [-0.39, 0.29) is 22.9 Å². The Kier molecular flexibility index (Phi) is 7.66. The van der Waals surface area contributed by atoms with Crippen LogP contribution in [0.2, 0.25) is 0 Å². The molecular weight excluding hydrogens is 470 g/mol. The second-order valence-corrected chi connectivity index (χ2v) is 8.92. The van der Waals surface area contributed by atoms with E-state index in [1.807, 2.05) is 0 Å². The van der Waals surface area contributed by atoms with Gasteiger partial charge in [-0.15, -0.1) is 10.2 Å². The van der Waals surface area contributed by atoms with Crippen LogP contribution in [0.25, 0.3) is 0 Å². The van der Waals surface area contributed by atoms with Gasteiger partial charge in [-0.25, -0.2) is 4.79 Å². The van der Waals surface area contributed by atoms with Gasteiger partial charge in [-0.1, -0.05) is 11.3 Å². The monoisotopic (exact) mass is 497 g/mol. The molecule has 0 bridgehead atoms. The zero-order valence-electron chi connectivity index (χ0n) is 19.7. The number of piperidine rings is 1. The van der Waals surface area contributed by atoms with E-state index in [9.17, 15) is 9.59 Å². The van der Waals surface area contributed by atoms with E-state index in [1.165, 1.54) is 11.3 Å². The molecule has 11 heteroatoms. The van der Waals surface area contributed by atoms with Crippen LogP contribution in [-0.2, 0) is 0 Å². The number of nitrogens with one attached hydrogen (secondary N) is 2. The Morgan fingerprint density at radius 2 is 1.71 bits per heavy atom. The standard InChI is InChI=1S/C24H27N5O5S/c1-32-17-8-6-16(7-9-17)25-21(30)23-28-27-22(35-23)15-5-4-12-29(14-15)24(31)26-19-11-10-18(33-2)13-20(19)34-3/h6-11,13,15H,4-5,12,14H2,1-3H3,(H,25,30)(H,26,31)/t15-/m1/s1. The number of benzene rings is 2. The largest absolute Gasteiger partial charge is 0.497 e. The predicted octanol–water partition coefficient (Wildman–Crippen LogP) is 4.23.